The number of rotatable bonds is 6. The Balaban J connectivity index is 1.55. The van der Waals surface area contributed by atoms with Gasteiger partial charge in [-0.3, -0.25) is 10.3 Å². The summed E-state index contributed by atoms with van der Waals surface area (Å²) in [6.07, 6.45) is 5.14. The minimum absolute atomic E-state index is 0.0841. The van der Waals surface area contributed by atoms with Gasteiger partial charge in [-0.25, -0.2) is 9.78 Å². The summed E-state index contributed by atoms with van der Waals surface area (Å²) in [5.74, 6) is 0.816. The summed E-state index contributed by atoms with van der Waals surface area (Å²) in [5.41, 5.74) is 2.46. The fraction of sp³-hybridized carbons (Fsp3) is 0.455. The number of carbonyl (C=O) groups is 1. The Kier molecular flexibility index (Phi) is 6.99. The van der Waals surface area contributed by atoms with Crippen molar-refractivity contribution in [1.29, 1.82) is 5.26 Å². The predicted octanol–water partition coefficient (Wildman–Crippen LogP) is 2.27. The van der Waals surface area contributed by atoms with Gasteiger partial charge in [-0.05, 0) is 25.8 Å². The molecule has 2 aliphatic heterocycles. The normalized spacial score (nSPS) is 18.1. The highest BCUT2D eigenvalue weighted by Crippen LogP contribution is 2.35. The highest BCUT2D eigenvalue weighted by molar-refractivity contribution is 6.00. The lowest BCUT2D eigenvalue weighted by Gasteiger charge is -2.25. The minimum Gasteiger partial charge on any atom is -0.489 e. The Morgan fingerprint density at radius 3 is 2.84 bits per heavy atom. The van der Waals surface area contributed by atoms with E-state index in [4.69, 9.17) is 9.47 Å². The minimum atomic E-state index is -0.499. The molecule has 0 spiro atoms. The van der Waals surface area contributed by atoms with Gasteiger partial charge in [0.1, 0.15) is 24.5 Å². The highest BCUT2D eigenvalue weighted by atomic mass is 16.5. The van der Waals surface area contributed by atoms with Crippen molar-refractivity contribution in [3.05, 3.63) is 35.8 Å². The van der Waals surface area contributed by atoms with E-state index in [-0.39, 0.29) is 6.10 Å². The molecule has 2 aromatic rings. The third-order valence-electron chi connectivity index (χ3n) is 5.36. The first-order chi connectivity index (χ1) is 15.6. The topological polar surface area (TPSA) is 124 Å². The van der Waals surface area contributed by atoms with Crippen LogP contribution in [0.3, 0.4) is 0 Å². The van der Waals surface area contributed by atoms with Crippen molar-refractivity contribution in [2.45, 2.75) is 25.9 Å². The number of hydrogen-bond acceptors (Lipinski definition) is 8. The number of aromatic nitrogens is 2. The van der Waals surface area contributed by atoms with Gasteiger partial charge >= 0.3 is 6.03 Å². The molecule has 1 aromatic carbocycles. The molecule has 1 aromatic heterocycles. The molecule has 32 heavy (non-hydrogen) atoms. The molecule has 168 valence electrons. The number of hydrogen-bond donors (Lipinski definition) is 3. The zero-order chi connectivity index (χ0) is 22.3. The second kappa shape index (κ2) is 10.3. The van der Waals surface area contributed by atoms with E-state index >= 15 is 0 Å². The van der Waals surface area contributed by atoms with Crippen molar-refractivity contribution in [1.82, 2.24) is 15.3 Å². The molecule has 2 amide bonds. The predicted molar refractivity (Wildman–Crippen MR) is 120 cm³/mol. The number of amides is 2. The van der Waals surface area contributed by atoms with Gasteiger partial charge in [0.25, 0.3) is 0 Å². The van der Waals surface area contributed by atoms with E-state index in [9.17, 15) is 10.1 Å². The first-order valence-corrected chi connectivity index (χ1v) is 10.8. The van der Waals surface area contributed by atoms with Crippen LogP contribution in [0.4, 0.5) is 22.0 Å². The van der Waals surface area contributed by atoms with Gasteiger partial charge in [0.15, 0.2) is 5.82 Å². The van der Waals surface area contributed by atoms with Crippen LogP contribution in [0.15, 0.2) is 24.5 Å². The molecule has 0 unspecified atom stereocenters. The van der Waals surface area contributed by atoms with Crippen LogP contribution in [0.5, 0.6) is 5.75 Å². The second-order valence-electron chi connectivity index (χ2n) is 7.80. The number of carbonyl (C=O) groups excluding carboxylic acids is 1. The number of ether oxygens (including phenoxy) is 2. The van der Waals surface area contributed by atoms with Gasteiger partial charge in [0.05, 0.1) is 41.6 Å². The summed E-state index contributed by atoms with van der Waals surface area (Å²) >= 11 is 0. The van der Waals surface area contributed by atoms with E-state index < -0.39 is 6.03 Å². The van der Waals surface area contributed by atoms with Crippen LogP contribution < -0.4 is 25.6 Å². The molecule has 4 rings (SSSR count). The van der Waals surface area contributed by atoms with Crippen molar-refractivity contribution in [2.24, 2.45) is 0 Å². The summed E-state index contributed by atoms with van der Waals surface area (Å²) in [7, 11) is 0. The Morgan fingerprint density at radius 1 is 1.31 bits per heavy atom. The van der Waals surface area contributed by atoms with E-state index in [1.807, 2.05) is 13.0 Å². The third kappa shape index (κ3) is 5.43. The average molecular weight is 438 g/mol. The fourth-order valence-electron chi connectivity index (χ4n) is 3.73. The largest absolute Gasteiger partial charge is 0.489 e. The van der Waals surface area contributed by atoms with Crippen molar-refractivity contribution in [3.8, 4) is 11.8 Å². The van der Waals surface area contributed by atoms with E-state index in [0.717, 1.165) is 43.9 Å². The molecule has 3 N–H and O–H groups in total. The molecular formula is C22H27N7O3. The zero-order valence-electron chi connectivity index (χ0n) is 18.1. The molecule has 0 bridgehead atoms. The quantitative estimate of drug-likeness (QED) is 0.629. The van der Waals surface area contributed by atoms with Crippen LogP contribution in [0, 0.1) is 18.3 Å². The molecule has 2 aliphatic rings. The number of nitriles is 1. The molecule has 10 heteroatoms. The zero-order valence-corrected chi connectivity index (χ0v) is 18.1. The number of nitrogens with zero attached hydrogens (tertiary/aromatic N) is 4. The van der Waals surface area contributed by atoms with Gasteiger partial charge in [-0.15, -0.1) is 0 Å². The van der Waals surface area contributed by atoms with Crippen LogP contribution in [0.2, 0.25) is 0 Å². The molecule has 2 saturated heterocycles. The number of anilines is 3. The smallest absolute Gasteiger partial charge is 0.325 e. The van der Waals surface area contributed by atoms with E-state index in [1.54, 1.807) is 12.3 Å². The van der Waals surface area contributed by atoms with E-state index in [1.165, 1.54) is 6.20 Å². The number of morpholine rings is 1. The second-order valence-corrected chi connectivity index (χ2v) is 7.80. The van der Waals surface area contributed by atoms with Gasteiger partial charge in [0, 0.05) is 32.2 Å². The van der Waals surface area contributed by atoms with Crippen molar-refractivity contribution < 1.29 is 14.3 Å². The lowest BCUT2D eigenvalue weighted by Crippen LogP contribution is -2.41. The third-order valence-corrected chi connectivity index (χ3v) is 5.36. The van der Waals surface area contributed by atoms with Crippen LogP contribution in [-0.2, 0) is 4.74 Å². The van der Waals surface area contributed by atoms with Crippen LogP contribution in [0.1, 0.15) is 24.1 Å². The molecule has 0 radical (unpaired) electrons. The highest BCUT2D eigenvalue weighted by Gasteiger charge is 2.22. The standard InChI is InChI=1S/C22H27N7O3/c1-15-11-26-21(13-25-15)28-22(30)27-18-8-16(10-23)19(29-5-2-3-6-29)9-20(18)32-14-17-12-24-4-7-31-17/h8-9,11,13,17,24H,2-7,12,14H2,1H3,(H2,26,27,28,30)/t17-/m0/s1. The first kappa shape index (κ1) is 21.8. The molecule has 10 nitrogen and oxygen atoms in total. The number of benzene rings is 1. The summed E-state index contributed by atoms with van der Waals surface area (Å²) in [6.45, 7) is 6.08. The lowest BCUT2D eigenvalue weighted by molar-refractivity contribution is 0.000357. The SMILES string of the molecule is Cc1cnc(NC(=O)Nc2cc(C#N)c(N3CCCC3)cc2OC[C@@H]2CNCCO2)cn1. The van der Waals surface area contributed by atoms with Gasteiger partial charge in [-0.1, -0.05) is 0 Å². The maximum absolute atomic E-state index is 12.6. The fourth-order valence-corrected chi connectivity index (χ4v) is 3.73. The maximum atomic E-state index is 12.6. The van der Waals surface area contributed by atoms with Crippen LogP contribution in [0.25, 0.3) is 0 Å². The van der Waals surface area contributed by atoms with Crippen LogP contribution in [-0.4, -0.2) is 61.5 Å². The molecule has 0 aliphatic carbocycles. The summed E-state index contributed by atoms with van der Waals surface area (Å²) < 4.78 is 11.8. The Bertz CT molecular complexity index is 978. The van der Waals surface area contributed by atoms with Crippen LogP contribution >= 0.6 is 0 Å². The maximum Gasteiger partial charge on any atom is 0.325 e. The van der Waals surface area contributed by atoms with Crippen molar-refractivity contribution in [2.75, 3.05) is 54.9 Å². The average Bonchev–Trinajstić information content (AvgIpc) is 3.35. The molecule has 0 saturated carbocycles. The first-order valence-electron chi connectivity index (χ1n) is 10.8. The van der Waals surface area contributed by atoms with Gasteiger partial charge in [-0.2, -0.15) is 5.26 Å². The molecule has 1 atom stereocenters. The van der Waals surface area contributed by atoms with Crippen molar-refractivity contribution >= 4 is 23.2 Å². The molecule has 3 heterocycles. The Labute approximate surface area is 186 Å². The Hall–Kier alpha value is -3.42. The lowest BCUT2D eigenvalue weighted by atomic mass is 10.1. The van der Waals surface area contributed by atoms with Crippen molar-refractivity contribution in [3.63, 3.8) is 0 Å². The summed E-state index contributed by atoms with van der Waals surface area (Å²) in [5, 5.41) is 18.4. The number of urea groups is 1. The summed E-state index contributed by atoms with van der Waals surface area (Å²) in [6, 6.07) is 5.24. The van der Waals surface area contributed by atoms with E-state index in [2.05, 4.69) is 36.9 Å². The molecule has 2 fully saturated rings. The van der Waals surface area contributed by atoms with E-state index in [0.29, 0.717) is 42.6 Å². The molecular weight excluding hydrogens is 410 g/mol. The Morgan fingerprint density at radius 2 is 2.16 bits per heavy atom. The number of nitrogens with one attached hydrogen (secondary N) is 3. The van der Waals surface area contributed by atoms with Gasteiger partial charge in [0.2, 0.25) is 0 Å². The van der Waals surface area contributed by atoms with Gasteiger partial charge < -0.3 is 25.0 Å². The summed E-state index contributed by atoms with van der Waals surface area (Å²) in [4.78, 5) is 23.0. The monoisotopic (exact) mass is 437 g/mol. The number of aryl methyl sites for hydroxylation is 1.